The van der Waals surface area contributed by atoms with Gasteiger partial charge in [0.15, 0.2) is 0 Å². The summed E-state index contributed by atoms with van der Waals surface area (Å²) in [7, 11) is 0. The molecule has 0 aromatic heterocycles. The van der Waals surface area contributed by atoms with Crippen molar-refractivity contribution in [3.8, 4) is 0 Å². The van der Waals surface area contributed by atoms with E-state index >= 15 is 0 Å². The number of allylic oxidation sites excluding steroid dienone is 2. The SMILES string of the molecule is CCCCCCCCc1cccc(C2=C(CCCC)C(CCCC)=C(c3cccc(CCCC)c3)[N+]2=[N-])c1.[CH2-]CCCCCCCCCCCCC.[CH2-]CCCCCCCCCCCCC.[Pd+2]. The van der Waals surface area contributed by atoms with Crippen molar-refractivity contribution in [2.75, 3.05) is 0 Å². The molecule has 0 fully saturated rings. The Balaban J connectivity index is 0.00000123. The van der Waals surface area contributed by atoms with Gasteiger partial charge in [0.05, 0.1) is 0 Å². The van der Waals surface area contributed by atoms with Crippen molar-refractivity contribution >= 4 is 11.4 Å². The van der Waals surface area contributed by atoms with Crippen LogP contribution in [0.4, 0.5) is 0 Å². The Labute approximate surface area is 433 Å². The quantitative estimate of drug-likeness (QED) is 0.0275. The van der Waals surface area contributed by atoms with Gasteiger partial charge in [0.1, 0.15) is 0 Å². The molecule has 3 rings (SSSR count). The van der Waals surface area contributed by atoms with Crippen LogP contribution in [0.2, 0.25) is 0 Å². The van der Waals surface area contributed by atoms with E-state index in [2.05, 4.69) is 104 Å². The third kappa shape index (κ3) is 31.9. The zero-order valence-electron chi connectivity index (χ0n) is 45.5. The van der Waals surface area contributed by atoms with Gasteiger partial charge in [0.2, 0.25) is 11.4 Å². The first-order valence-electron chi connectivity index (χ1n) is 29.2. The predicted molar refractivity (Wildman–Crippen MR) is 298 cm³/mol. The molecule has 1 aliphatic rings. The van der Waals surface area contributed by atoms with Gasteiger partial charge in [-0.25, -0.2) is 4.70 Å². The summed E-state index contributed by atoms with van der Waals surface area (Å²) in [5, 5.41) is 0. The molecule has 2 aromatic carbocycles. The second kappa shape index (κ2) is 47.8. The molecule has 0 N–H and O–H groups in total. The maximum atomic E-state index is 11.9. The maximum absolute atomic E-state index is 11.9. The zero-order valence-corrected chi connectivity index (χ0v) is 47.1. The van der Waals surface area contributed by atoms with Crippen LogP contribution < -0.4 is 0 Å². The number of nitrogens with zero attached hydrogens (tertiary/aromatic N) is 2. The Bertz CT molecular complexity index is 1440. The number of aryl methyl sites for hydroxylation is 2. The van der Waals surface area contributed by atoms with E-state index in [1.807, 2.05) is 0 Å². The van der Waals surface area contributed by atoms with Crippen LogP contribution in [0.15, 0.2) is 59.7 Å². The standard InChI is InChI=1S/C36H52N2.2C14H29.Pd/c1-5-9-13-14-15-16-20-30-22-18-24-32(28-30)36-34(26-12-8-4)33(25-11-7-3)35(38(36)37)31-23-17-21-29(27-31)19-10-6-2;2*1-3-5-7-9-11-13-14-12-10-8-6-4-2;/h17-18,21-24,27-28H,5-16,19-20,25-26H2,1-4H3;2*1,3-14H2,2H3;/q;2*-1;+2. The van der Waals surface area contributed by atoms with E-state index in [0.29, 0.717) is 0 Å². The van der Waals surface area contributed by atoms with E-state index in [1.54, 1.807) is 4.70 Å². The fourth-order valence-corrected chi connectivity index (χ4v) is 9.41. The number of hydrogen-bond donors (Lipinski definition) is 0. The van der Waals surface area contributed by atoms with Crippen molar-refractivity contribution in [3.63, 3.8) is 0 Å². The van der Waals surface area contributed by atoms with Crippen LogP contribution in [0.25, 0.3) is 16.9 Å². The first-order chi connectivity index (χ1) is 32.5. The van der Waals surface area contributed by atoms with Crippen LogP contribution in [-0.4, -0.2) is 4.70 Å². The van der Waals surface area contributed by atoms with Crippen LogP contribution in [0.1, 0.15) is 308 Å². The number of hydrogen-bond acceptors (Lipinski definition) is 0. The monoisotopic (exact) mass is 1010 g/mol. The Morgan fingerprint density at radius 3 is 0.925 bits per heavy atom. The predicted octanol–water partition coefficient (Wildman–Crippen LogP) is 22.5. The van der Waals surface area contributed by atoms with Crippen molar-refractivity contribution in [1.82, 2.24) is 0 Å². The van der Waals surface area contributed by atoms with E-state index in [4.69, 9.17) is 0 Å². The molecule has 2 nitrogen and oxygen atoms in total. The van der Waals surface area contributed by atoms with Crippen LogP contribution in [-0.2, 0) is 33.3 Å². The molecule has 0 saturated carbocycles. The van der Waals surface area contributed by atoms with E-state index < -0.39 is 0 Å². The average Bonchev–Trinajstić information content (AvgIpc) is 3.62. The van der Waals surface area contributed by atoms with Gasteiger partial charge in [-0.15, -0.1) is 0 Å². The topological polar surface area (TPSA) is 25.3 Å². The fourth-order valence-electron chi connectivity index (χ4n) is 9.41. The van der Waals surface area contributed by atoms with Crippen molar-refractivity contribution < 1.29 is 25.1 Å². The minimum Gasteiger partial charge on any atom is -0.493 e. The summed E-state index contributed by atoms with van der Waals surface area (Å²) in [4.78, 5) is 0. The van der Waals surface area contributed by atoms with Crippen molar-refractivity contribution in [2.45, 2.75) is 298 Å². The molecule has 0 saturated heterocycles. The molecule has 3 heteroatoms. The fraction of sp³-hybridized carbons (Fsp3) is 0.719. The summed E-state index contributed by atoms with van der Waals surface area (Å²) in [5.41, 5.74) is 21.7. The summed E-state index contributed by atoms with van der Waals surface area (Å²) in [6.07, 6.45) is 52.9. The van der Waals surface area contributed by atoms with Crippen LogP contribution in [0, 0.1) is 13.8 Å². The van der Waals surface area contributed by atoms with Crippen LogP contribution in [0.5, 0.6) is 0 Å². The van der Waals surface area contributed by atoms with Gasteiger partial charge in [0, 0.05) is 22.3 Å². The Kier molecular flexibility index (Phi) is 46.5. The molecule has 2 aromatic rings. The van der Waals surface area contributed by atoms with E-state index in [-0.39, 0.29) is 20.4 Å². The smallest absolute Gasteiger partial charge is 0.493 e. The van der Waals surface area contributed by atoms with E-state index in [0.717, 1.165) is 86.7 Å². The minimum atomic E-state index is 0. The van der Waals surface area contributed by atoms with E-state index in [9.17, 15) is 5.53 Å². The number of rotatable bonds is 40. The van der Waals surface area contributed by atoms with Crippen LogP contribution >= 0.6 is 0 Å². The molecular weight excluding hydrogens is 903 g/mol. The summed E-state index contributed by atoms with van der Waals surface area (Å²) >= 11 is 0. The molecule has 0 radical (unpaired) electrons. The van der Waals surface area contributed by atoms with E-state index in [1.165, 1.54) is 215 Å². The summed E-state index contributed by atoms with van der Waals surface area (Å²) < 4.78 is 1.55. The largest absolute Gasteiger partial charge is 2.00 e. The summed E-state index contributed by atoms with van der Waals surface area (Å²) in [5.74, 6) is 0. The van der Waals surface area contributed by atoms with Gasteiger partial charge in [-0.1, -0.05) is 258 Å². The van der Waals surface area contributed by atoms with Crippen LogP contribution in [0.3, 0.4) is 0 Å². The first-order valence-corrected chi connectivity index (χ1v) is 29.2. The molecule has 67 heavy (non-hydrogen) atoms. The Morgan fingerprint density at radius 1 is 0.343 bits per heavy atom. The van der Waals surface area contributed by atoms with Crippen molar-refractivity contribution in [3.05, 3.63) is 101 Å². The molecule has 0 bridgehead atoms. The number of unbranched alkanes of at least 4 members (excludes halogenated alkanes) is 30. The molecule has 386 valence electrons. The molecular formula is C64H110N2Pd. The maximum Gasteiger partial charge on any atom is 2.00 e. The number of benzene rings is 2. The van der Waals surface area contributed by atoms with Gasteiger partial charge < -0.3 is 19.4 Å². The summed E-state index contributed by atoms with van der Waals surface area (Å²) in [6, 6.07) is 17.9. The second-order valence-corrected chi connectivity index (χ2v) is 20.0. The zero-order chi connectivity index (χ0) is 48.1. The van der Waals surface area contributed by atoms with Gasteiger partial charge >= 0.3 is 20.4 Å². The van der Waals surface area contributed by atoms with Crippen molar-refractivity contribution in [1.29, 1.82) is 0 Å². The van der Waals surface area contributed by atoms with Gasteiger partial charge in [-0.05, 0) is 86.8 Å². The molecule has 1 heterocycles. The average molecular weight is 1010 g/mol. The molecule has 0 aliphatic carbocycles. The van der Waals surface area contributed by atoms with Gasteiger partial charge in [0.25, 0.3) is 0 Å². The first kappa shape index (κ1) is 65.2. The normalized spacial score (nSPS) is 12.3. The molecule has 1 aliphatic heterocycles. The molecule has 0 spiro atoms. The van der Waals surface area contributed by atoms with Gasteiger partial charge in [-0.2, -0.15) is 12.8 Å². The second-order valence-electron chi connectivity index (χ2n) is 20.0. The van der Waals surface area contributed by atoms with Gasteiger partial charge in [-0.3, -0.25) is 0 Å². The Morgan fingerprint density at radius 2 is 0.612 bits per heavy atom. The third-order valence-electron chi connectivity index (χ3n) is 13.7. The minimum absolute atomic E-state index is 0. The molecule has 0 atom stereocenters. The van der Waals surface area contributed by atoms with Crippen molar-refractivity contribution in [2.24, 2.45) is 0 Å². The summed E-state index contributed by atoms with van der Waals surface area (Å²) in [6.45, 7) is 21.3. The molecule has 0 amide bonds. The Hall–Kier alpha value is -1.82. The molecule has 0 unspecified atom stereocenters. The third-order valence-corrected chi connectivity index (χ3v) is 13.7.